The lowest BCUT2D eigenvalue weighted by atomic mass is 10.1. The van der Waals surface area contributed by atoms with Crippen LogP contribution in [0.25, 0.3) is 11.4 Å². The molecule has 0 spiro atoms. The van der Waals surface area contributed by atoms with E-state index in [1.165, 1.54) is 21.3 Å². The summed E-state index contributed by atoms with van der Waals surface area (Å²) in [7, 11) is -3.65. The first-order chi connectivity index (χ1) is 16.0. The van der Waals surface area contributed by atoms with E-state index >= 15 is 0 Å². The van der Waals surface area contributed by atoms with Gasteiger partial charge in [-0.3, -0.25) is 4.79 Å². The van der Waals surface area contributed by atoms with Gasteiger partial charge in [0, 0.05) is 31.7 Å². The number of piperazine rings is 1. The average molecular weight is 494 g/mol. The van der Waals surface area contributed by atoms with E-state index in [1.54, 1.807) is 24.3 Å². The Bertz CT molecular complexity index is 1280. The maximum absolute atomic E-state index is 12.9. The van der Waals surface area contributed by atoms with Crippen LogP contribution in [0.4, 0.5) is 13.2 Å². The molecule has 34 heavy (non-hydrogen) atoms. The highest BCUT2D eigenvalue weighted by Gasteiger charge is 2.32. The van der Waals surface area contributed by atoms with Gasteiger partial charge in [-0.15, -0.1) is 10.2 Å². The maximum atomic E-state index is 12.9. The largest absolute Gasteiger partial charge is 0.416 e. The normalized spacial score (nSPS) is 15.5. The molecule has 9 nitrogen and oxygen atoms in total. The summed E-state index contributed by atoms with van der Waals surface area (Å²) in [6.45, 7) is 2.27. The van der Waals surface area contributed by atoms with Crippen molar-refractivity contribution in [2.45, 2.75) is 24.5 Å². The summed E-state index contributed by atoms with van der Waals surface area (Å²) in [4.78, 5) is 15.3. The molecule has 1 aliphatic heterocycles. The van der Waals surface area contributed by atoms with Crippen LogP contribution in [-0.2, 0) is 27.5 Å². The van der Waals surface area contributed by atoms with Crippen molar-refractivity contribution in [3.8, 4) is 11.4 Å². The Morgan fingerprint density at radius 1 is 1.03 bits per heavy atom. The molecule has 0 atom stereocenters. The summed E-state index contributed by atoms with van der Waals surface area (Å²) in [5.41, 5.74) is 0.242. The van der Waals surface area contributed by atoms with Gasteiger partial charge in [-0.2, -0.15) is 22.3 Å². The fourth-order valence-electron chi connectivity index (χ4n) is 3.52. The smallest absolute Gasteiger partial charge is 0.338 e. The number of tetrazole rings is 1. The summed E-state index contributed by atoms with van der Waals surface area (Å²) in [5.74, 6) is -0.381. The van der Waals surface area contributed by atoms with Crippen LogP contribution in [0.15, 0.2) is 53.4 Å². The third kappa shape index (κ3) is 5.09. The number of carbonyl (C=O) groups is 1. The zero-order valence-corrected chi connectivity index (χ0v) is 18.9. The molecule has 1 fully saturated rings. The van der Waals surface area contributed by atoms with Crippen molar-refractivity contribution in [1.29, 1.82) is 0 Å². The fourth-order valence-corrected chi connectivity index (χ4v) is 4.94. The van der Waals surface area contributed by atoms with Crippen LogP contribution in [-0.4, -0.2) is 69.9 Å². The number of hydrogen-bond donors (Lipinski definition) is 0. The van der Waals surface area contributed by atoms with Crippen molar-refractivity contribution in [2.75, 3.05) is 26.2 Å². The van der Waals surface area contributed by atoms with E-state index < -0.39 is 21.8 Å². The molecule has 0 saturated carbocycles. The topological polar surface area (TPSA) is 101 Å². The minimum absolute atomic E-state index is 0.0343. The van der Waals surface area contributed by atoms with Crippen LogP contribution in [0.3, 0.4) is 0 Å². The van der Waals surface area contributed by atoms with Crippen LogP contribution >= 0.6 is 0 Å². The number of aromatic nitrogens is 4. The number of carbonyl (C=O) groups excluding carboxylic acids is 1. The molecule has 0 radical (unpaired) electrons. The summed E-state index contributed by atoms with van der Waals surface area (Å²) in [6.07, 6.45) is -4.50. The number of benzene rings is 2. The van der Waals surface area contributed by atoms with Gasteiger partial charge < -0.3 is 4.90 Å². The molecular formula is C21H21F3N6O3S. The van der Waals surface area contributed by atoms with Crippen LogP contribution in [0.1, 0.15) is 11.1 Å². The van der Waals surface area contributed by atoms with Gasteiger partial charge in [0.05, 0.1) is 10.5 Å². The molecule has 1 amide bonds. The molecule has 1 aromatic heterocycles. The van der Waals surface area contributed by atoms with E-state index in [0.29, 0.717) is 0 Å². The van der Waals surface area contributed by atoms with Crippen molar-refractivity contribution in [2.24, 2.45) is 0 Å². The molecule has 0 N–H and O–H groups in total. The summed E-state index contributed by atoms with van der Waals surface area (Å²) in [6, 6.07) is 11.1. The van der Waals surface area contributed by atoms with Crippen molar-refractivity contribution in [1.82, 2.24) is 29.4 Å². The van der Waals surface area contributed by atoms with Gasteiger partial charge >= 0.3 is 6.18 Å². The van der Waals surface area contributed by atoms with Crippen molar-refractivity contribution in [3.05, 3.63) is 59.7 Å². The van der Waals surface area contributed by atoms with Crippen molar-refractivity contribution >= 4 is 15.9 Å². The quantitative estimate of drug-likeness (QED) is 0.539. The van der Waals surface area contributed by atoms with Crippen LogP contribution < -0.4 is 0 Å². The Labute approximate surface area is 193 Å². The van der Waals surface area contributed by atoms with Gasteiger partial charge in [0.1, 0.15) is 6.54 Å². The maximum Gasteiger partial charge on any atom is 0.416 e. The Kier molecular flexibility index (Phi) is 6.41. The molecule has 2 aromatic carbocycles. The highest BCUT2D eigenvalue weighted by Crippen LogP contribution is 2.31. The van der Waals surface area contributed by atoms with E-state index in [2.05, 4.69) is 15.4 Å². The van der Waals surface area contributed by atoms with Gasteiger partial charge in [0.25, 0.3) is 0 Å². The monoisotopic (exact) mass is 494 g/mol. The molecule has 13 heteroatoms. The van der Waals surface area contributed by atoms with Gasteiger partial charge in [-0.25, -0.2) is 8.42 Å². The van der Waals surface area contributed by atoms with E-state index in [-0.39, 0.29) is 54.9 Å². The Morgan fingerprint density at radius 3 is 2.35 bits per heavy atom. The third-order valence-electron chi connectivity index (χ3n) is 5.43. The summed E-state index contributed by atoms with van der Waals surface area (Å²) in [5, 5.41) is 11.5. The van der Waals surface area contributed by atoms with E-state index in [4.69, 9.17) is 0 Å². The van der Waals surface area contributed by atoms with E-state index in [1.807, 2.05) is 6.92 Å². The molecule has 1 saturated heterocycles. The van der Waals surface area contributed by atoms with Crippen molar-refractivity contribution in [3.63, 3.8) is 0 Å². The van der Waals surface area contributed by atoms with E-state index in [0.717, 1.165) is 22.5 Å². The zero-order valence-electron chi connectivity index (χ0n) is 18.1. The molecule has 0 unspecified atom stereocenters. The summed E-state index contributed by atoms with van der Waals surface area (Å²) >= 11 is 0. The number of halogens is 3. The Balaban J connectivity index is 1.37. The molecule has 1 aliphatic rings. The van der Waals surface area contributed by atoms with E-state index in [9.17, 15) is 26.4 Å². The second kappa shape index (κ2) is 9.14. The van der Waals surface area contributed by atoms with Gasteiger partial charge in [-0.1, -0.05) is 29.8 Å². The third-order valence-corrected chi connectivity index (χ3v) is 7.34. The lowest BCUT2D eigenvalue weighted by Crippen LogP contribution is -2.51. The predicted octanol–water partition coefficient (Wildman–Crippen LogP) is 2.20. The second-order valence-corrected chi connectivity index (χ2v) is 9.76. The number of alkyl halides is 3. The highest BCUT2D eigenvalue weighted by atomic mass is 32.2. The SMILES string of the molecule is Cc1ccc(S(=O)(=O)N2CCN(C(=O)Cn3nnc(-c4cccc(C(F)(F)F)c4)n3)CC2)cc1. The number of sulfonamides is 1. The summed E-state index contributed by atoms with van der Waals surface area (Å²) < 4.78 is 65.7. The number of rotatable bonds is 5. The standard InChI is InChI=1S/C21H21F3N6O3S/c1-15-5-7-18(8-6-15)34(32,33)29-11-9-28(10-12-29)19(31)14-30-26-20(25-27-30)16-3-2-4-17(13-16)21(22,23)24/h2-8,13H,9-12,14H2,1H3. The Hall–Kier alpha value is -3.32. The van der Waals surface area contributed by atoms with Gasteiger partial charge in [-0.05, 0) is 36.4 Å². The molecule has 2 heterocycles. The highest BCUT2D eigenvalue weighted by molar-refractivity contribution is 7.89. The lowest BCUT2D eigenvalue weighted by molar-refractivity contribution is -0.137. The number of hydrogen-bond acceptors (Lipinski definition) is 6. The predicted molar refractivity (Wildman–Crippen MR) is 115 cm³/mol. The average Bonchev–Trinajstić information content (AvgIpc) is 3.27. The second-order valence-electron chi connectivity index (χ2n) is 7.82. The number of aryl methyl sites for hydroxylation is 1. The zero-order chi connectivity index (χ0) is 24.5. The molecule has 0 bridgehead atoms. The molecular weight excluding hydrogens is 473 g/mol. The number of amides is 1. The van der Waals surface area contributed by atoms with Crippen molar-refractivity contribution < 1.29 is 26.4 Å². The molecule has 0 aliphatic carbocycles. The molecule has 180 valence electrons. The fraction of sp³-hybridized carbons (Fsp3) is 0.333. The van der Waals surface area contributed by atoms with Crippen LogP contribution in [0.2, 0.25) is 0 Å². The molecule has 4 rings (SSSR count). The van der Waals surface area contributed by atoms with Gasteiger partial charge in [0.15, 0.2) is 0 Å². The van der Waals surface area contributed by atoms with Crippen LogP contribution in [0, 0.1) is 6.92 Å². The van der Waals surface area contributed by atoms with Crippen LogP contribution in [0.5, 0.6) is 0 Å². The lowest BCUT2D eigenvalue weighted by Gasteiger charge is -2.33. The molecule has 3 aromatic rings. The number of nitrogens with zero attached hydrogens (tertiary/aromatic N) is 6. The van der Waals surface area contributed by atoms with Gasteiger partial charge in [0.2, 0.25) is 21.8 Å². The minimum Gasteiger partial charge on any atom is -0.338 e. The minimum atomic E-state index is -4.50. The Morgan fingerprint density at radius 2 is 1.71 bits per heavy atom. The first-order valence-electron chi connectivity index (χ1n) is 10.3. The first-order valence-corrected chi connectivity index (χ1v) is 11.8. The first kappa shape index (κ1) is 23.8.